The number of nitrogens with zero attached hydrogens (tertiary/aromatic N) is 2. The van der Waals surface area contributed by atoms with Gasteiger partial charge in [0, 0.05) is 6.20 Å². The van der Waals surface area contributed by atoms with Gasteiger partial charge in [0.1, 0.15) is 12.2 Å². The summed E-state index contributed by atoms with van der Waals surface area (Å²) in [5, 5.41) is 29.9. The molecule has 1 aliphatic heterocycles. The lowest BCUT2D eigenvalue weighted by Gasteiger charge is -2.23. The third-order valence-corrected chi connectivity index (χ3v) is 3.78. The largest absolute Gasteiger partial charge is 0.392 e. The number of anilines is 1. The van der Waals surface area contributed by atoms with Crippen LogP contribution in [0.1, 0.15) is 6.23 Å². The van der Waals surface area contributed by atoms with Crippen molar-refractivity contribution in [2.45, 2.75) is 24.0 Å². The number of H-pyrrole nitrogens is 1. The van der Waals surface area contributed by atoms with Crippen molar-refractivity contribution < 1.29 is 20.1 Å². The second-order valence-corrected chi connectivity index (χ2v) is 5.05. The highest BCUT2D eigenvalue weighted by Crippen LogP contribution is 2.37. The van der Waals surface area contributed by atoms with Crippen molar-refractivity contribution in [3.05, 3.63) is 22.6 Å². The van der Waals surface area contributed by atoms with Gasteiger partial charge in [-0.25, -0.2) is 0 Å². The number of nitrogens with one attached hydrogen (secondary N) is 1. The van der Waals surface area contributed by atoms with Crippen LogP contribution >= 0.6 is 0 Å². The summed E-state index contributed by atoms with van der Waals surface area (Å²) in [5.41, 5.74) is 3.51. The molecule has 9 heteroatoms. The minimum Gasteiger partial charge on any atom is -0.392 e. The molecule has 6 N–H and O–H groups in total. The third kappa shape index (κ3) is 1.83. The number of aliphatic hydroxyl groups is 3. The van der Waals surface area contributed by atoms with Crippen molar-refractivity contribution in [2.24, 2.45) is 0 Å². The molecule has 2 aromatic heterocycles. The molecule has 0 amide bonds. The molecule has 0 radical (unpaired) electrons. The number of rotatable bonds is 2. The van der Waals surface area contributed by atoms with Gasteiger partial charge in [0.2, 0.25) is 5.95 Å². The molecule has 1 saturated heterocycles. The number of aliphatic hydroxyl groups excluding tert-OH is 3. The maximum Gasteiger partial charge on any atom is 0.261 e. The van der Waals surface area contributed by atoms with Gasteiger partial charge < -0.3 is 30.4 Å². The Kier molecular flexibility index (Phi) is 3.19. The summed E-state index contributed by atoms with van der Waals surface area (Å²) in [4.78, 5) is 18.1. The molecule has 4 atom stereocenters. The summed E-state index contributed by atoms with van der Waals surface area (Å²) in [5.74, 6) is 2.06. The minimum atomic E-state index is -1.73. The second-order valence-electron chi connectivity index (χ2n) is 5.05. The Labute approximate surface area is 124 Å². The van der Waals surface area contributed by atoms with Crippen LogP contribution in [0.25, 0.3) is 11.0 Å². The van der Waals surface area contributed by atoms with Gasteiger partial charge in [-0.1, -0.05) is 5.92 Å². The highest BCUT2D eigenvalue weighted by molar-refractivity contribution is 5.76. The van der Waals surface area contributed by atoms with E-state index in [-0.39, 0.29) is 17.0 Å². The van der Waals surface area contributed by atoms with E-state index in [1.165, 1.54) is 16.8 Å². The van der Waals surface area contributed by atoms with Gasteiger partial charge in [-0.2, -0.15) is 4.98 Å². The Morgan fingerprint density at radius 2 is 2.32 bits per heavy atom. The summed E-state index contributed by atoms with van der Waals surface area (Å²) in [7, 11) is 0. The zero-order valence-electron chi connectivity index (χ0n) is 11.3. The SMILES string of the molecule is C#CC1(CO)OC(n2ccc3c(=O)[nH]c(N)nc32)C(O)C1O. The van der Waals surface area contributed by atoms with Crippen molar-refractivity contribution in [2.75, 3.05) is 12.3 Å². The van der Waals surface area contributed by atoms with Crippen LogP contribution in [-0.4, -0.2) is 54.3 Å². The first-order valence-corrected chi connectivity index (χ1v) is 6.42. The Morgan fingerprint density at radius 1 is 1.59 bits per heavy atom. The van der Waals surface area contributed by atoms with Gasteiger partial charge in [-0.15, -0.1) is 6.42 Å². The van der Waals surface area contributed by atoms with E-state index >= 15 is 0 Å². The third-order valence-electron chi connectivity index (χ3n) is 3.78. The van der Waals surface area contributed by atoms with Gasteiger partial charge in [-0.05, 0) is 6.07 Å². The fraction of sp³-hybridized carbons (Fsp3) is 0.385. The Bertz CT molecular complexity index is 822. The van der Waals surface area contributed by atoms with Crippen LogP contribution in [0.15, 0.2) is 17.1 Å². The number of nitrogen functional groups attached to an aromatic ring is 1. The van der Waals surface area contributed by atoms with E-state index < -0.39 is 36.2 Å². The zero-order valence-corrected chi connectivity index (χ0v) is 11.3. The molecule has 22 heavy (non-hydrogen) atoms. The first-order chi connectivity index (χ1) is 10.4. The first-order valence-electron chi connectivity index (χ1n) is 6.42. The molecular formula is C13H14N4O5. The monoisotopic (exact) mass is 306 g/mol. The quantitative estimate of drug-likeness (QED) is 0.400. The number of ether oxygens (including phenoxy) is 1. The van der Waals surface area contributed by atoms with Crippen LogP contribution in [0, 0.1) is 12.3 Å². The van der Waals surface area contributed by atoms with Crippen molar-refractivity contribution in [3.8, 4) is 12.3 Å². The lowest BCUT2D eigenvalue weighted by Crippen LogP contribution is -2.44. The van der Waals surface area contributed by atoms with Gasteiger partial charge in [0.15, 0.2) is 17.5 Å². The van der Waals surface area contributed by atoms with Crippen molar-refractivity contribution >= 4 is 17.0 Å². The number of hydrogen-bond donors (Lipinski definition) is 5. The summed E-state index contributed by atoms with van der Waals surface area (Å²) in [6, 6.07) is 1.47. The van der Waals surface area contributed by atoms with E-state index in [0.29, 0.717) is 0 Å². The molecule has 0 aromatic carbocycles. The van der Waals surface area contributed by atoms with Gasteiger partial charge in [-0.3, -0.25) is 9.78 Å². The van der Waals surface area contributed by atoms with Crippen LogP contribution < -0.4 is 11.3 Å². The molecular weight excluding hydrogens is 292 g/mol. The molecule has 1 aliphatic rings. The Hall–Kier alpha value is -2.38. The average molecular weight is 306 g/mol. The van der Waals surface area contributed by atoms with E-state index in [2.05, 4.69) is 15.9 Å². The summed E-state index contributed by atoms with van der Waals surface area (Å²) in [6.45, 7) is -0.673. The summed E-state index contributed by atoms with van der Waals surface area (Å²) >= 11 is 0. The molecule has 0 spiro atoms. The molecule has 3 heterocycles. The van der Waals surface area contributed by atoms with Gasteiger partial charge in [0.05, 0.1) is 12.0 Å². The van der Waals surface area contributed by atoms with E-state index in [9.17, 15) is 20.1 Å². The molecule has 0 saturated carbocycles. The molecule has 0 bridgehead atoms. The molecule has 4 unspecified atom stereocenters. The number of terminal acetylenes is 1. The van der Waals surface area contributed by atoms with Crippen LogP contribution in [0.3, 0.4) is 0 Å². The topological polar surface area (TPSA) is 147 Å². The predicted molar refractivity (Wildman–Crippen MR) is 75.6 cm³/mol. The maximum atomic E-state index is 11.8. The maximum absolute atomic E-state index is 11.8. The van der Waals surface area contributed by atoms with E-state index in [4.69, 9.17) is 16.9 Å². The fourth-order valence-electron chi connectivity index (χ4n) is 2.57. The number of aromatic nitrogens is 3. The molecule has 9 nitrogen and oxygen atoms in total. The highest BCUT2D eigenvalue weighted by Gasteiger charge is 2.54. The lowest BCUT2D eigenvalue weighted by molar-refractivity contribution is -0.0909. The number of fused-ring (bicyclic) bond motifs is 1. The molecule has 2 aromatic rings. The summed E-state index contributed by atoms with van der Waals surface area (Å²) in [6.07, 6.45) is 2.73. The molecule has 1 fully saturated rings. The van der Waals surface area contributed by atoms with E-state index in [1.54, 1.807) is 0 Å². The van der Waals surface area contributed by atoms with Crippen LogP contribution in [0.4, 0.5) is 5.95 Å². The zero-order chi connectivity index (χ0) is 16.1. The Morgan fingerprint density at radius 3 is 2.91 bits per heavy atom. The highest BCUT2D eigenvalue weighted by atomic mass is 16.6. The fourth-order valence-corrected chi connectivity index (χ4v) is 2.57. The van der Waals surface area contributed by atoms with Gasteiger partial charge in [0.25, 0.3) is 5.56 Å². The number of hydrogen-bond acceptors (Lipinski definition) is 7. The van der Waals surface area contributed by atoms with Crippen molar-refractivity contribution in [1.29, 1.82) is 0 Å². The van der Waals surface area contributed by atoms with Crippen molar-refractivity contribution in [1.82, 2.24) is 14.5 Å². The van der Waals surface area contributed by atoms with Crippen LogP contribution in [0.5, 0.6) is 0 Å². The smallest absolute Gasteiger partial charge is 0.261 e. The number of aromatic amines is 1. The summed E-state index contributed by atoms with van der Waals surface area (Å²) < 4.78 is 6.82. The predicted octanol–water partition coefficient (Wildman–Crippen LogP) is -2.08. The van der Waals surface area contributed by atoms with E-state index in [0.717, 1.165) is 0 Å². The van der Waals surface area contributed by atoms with E-state index in [1.807, 2.05) is 0 Å². The molecule has 3 rings (SSSR count). The number of nitrogens with two attached hydrogens (primary N) is 1. The second kappa shape index (κ2) is 4.82. The van der Waals surface area contributed by atoms with Crippen LogP contribution in [0.2, 0.25) is 0 Å². The van der Waals surface area contributed by atoms with Crippen LogP contribution in [-0.2, 0) is 4.74 Å². The molecule has 0 aliphatic carbocycles. The molecule has 116 valence electrons. The standard InChI is InChI=1S/C13H14N4O5/c1-2-13(5-18)8(20)7(19)11(22-13)17-4-3-6-9(17)15-12(14)16-10(6)21/h1,3-4,7-8,11,18-20H,5H2,(H3,14,15,16,21). The Balaban J connectivity index is 2.13. The van der Waals surface area contributed by atoms with Gasteiger partial charge >= 0.3 is 0 Å². The first kappa shape index (κ1) is 14.6. The minimum absolute atomic E-state index is 0.101. The average Bonchev–Trinajstić information content (AvgIpc) is 3.01. The van der Waals surface area contributed by atoms with Crippen molar-refractivity contribution in [3.63, 3.8) is 0 Å². The lowest BCUT2D eigenvalue weighted by atomic mass is 9.97. The normalized spacial score (nSPS) is 31.5.